The zero-order valence-electron chi connectivity index (χ0n) is 11.1. The van der Waals surface area contributed by atoms with Gasteiger partial charge in [0.2, 0.25) is 5.91 Å². The molecule has 3 aliphatic carbocycles. The van der Waals surface area contributed by atoms with Crippen molar-refractivity contribution in [3.8, 4) is 0 Å². The largest absolute Gasteiger partial charge is 0.353 e. The van der Waals surface area contributed by atoms with E-state index >= 15 is 0 Å². The Bertz CT molecular complexity index is 308. The van der Waals surface area contributed by atoms with Crippen LogP contribution in [-0.2, 0) is 4.79 Å². The minimum absolute atomic E-state index is 0.372. The van der Waals surface area contributed by atoms with Crippen LogP contribution in [0.3, 0.4) is 0 Å². The number of rotatable bonds is 4. The zero-order chi connectivity index (χ0) is 12.0. The Balaban J connectivity index is 1.43. The first-order valence-corrected chi connectivity index (χ1v) is 7.45. The average molecular weight is 235 g/mol. The summed E-state index contributed by atoms with van der Waals surface area (Å²) in [5.41, 5.74) is 0. The molecule has 0 aromatic heterocycles. The van der Waals surface area contributed by atoms with E-state index in [2.05, 4.69) is 19.2 Å². The van der Waals surface area contributed by atoms with Crippen LogP contribution in [0, 0.1) is 29.6 Å². The monoisotopic (exact) mass is 235 g/mol. The molecule has 0 radical (unpaired) electrons. The highest BCUT2D eigenvalue weighted by molar-refractivity contribution is 5.82. The second kappa shape index (κ2) is 4.29. The summed E-state index contributed by atoms with van der Waals surface area (Å²) in [5, 5.41) is 3.30. The molecule has 0 aromatic carbocycles. The van der Waals surface area contributed by atoms with Crippen molar-refractivity contribution in [2.45, 2.75) is 58.4 Å². The molecule has 1 N–H and O–H groups in total. The third-order valence-corrected chi connectivity index (χ3v) is 5.17. The van der Waals surface area contributed by atoms with E-state index in [0.29, 0.717) is 17.9 Å². The van der Waals surface area contributed by atoms with Crippen LogP contribution in [-0.4, -0.2) is 11.9 Å². The lowest BCUT2D eigenvalue weighted by Gasteiger charge is -2.15. The topological polar surface area (TPSA) is 29.1 Å². The third kappa shape index (κ3) is 2.51. The molecule has 2 nitrogen and oxygen atoms in total. The fourth-order valence-electron chi connectivity index (χ4n) is 3.62. The van der Waals surface area contributed by atoms with Crippen molar-refractivity contribution in [3.63, 3.8) is 0 Å². The predicted octanol–water partition coefficient (Wildman–Crippen LogP) is 2.97. The van der Waals surface area contributed by atoms with E-state index in [4.69, 9.17) is 0 Å². The van der Waals surface area contributed by atoms with Gasteiger partial charge in [-0.3, -0.25) is 4.79 Å². The highest BCUT2D eigenvalue weighted by atomic mass is 16.2. The lowest BCUT2D eigenvalue weighted by atomic mass is 9.94. The smallest absolute Gasteiger partial charge is 0.223 e. The lowest BCUT2D eigenvalue weighted by molar-refractivity contribution is -0.123. The summed E-state index contributed by atoms with van der Waals surface area (Å²) in [4.78, 5) is 12.1. The van der Waals surface area contributed by atoms with Crippen LogP contribution in [0.1, 0.15) is 52.4 Å². The fourth-order valence-corrected chi connectivity index (χ4v) is 3.62. The maximum Gasteiger partial charge on any atom is 0.223 e. The molecule has 0 spiro atoms. The first kappa shape index (κ1) is 11.6. The van der Waals surface area contributed by atoms with E-state index in [1.165, 1.54) is 38.5 Å². The zero-order valence-corrected chi connectivity index (χ0v) is 11.1. The summed E-state index contributed by atoms with van der Waals surface area (Å²) < 4.78 is 0. The van der Waals surface area contributed by atoms with Gasteiger partial charge in [0.1, 0.15) is 0 Å². The second-order valence-electron chi connectivity index (χ2n) is 6.87. The van der Waals surface area contributed by atoms with Gasteiger partial charge < -0.3 is 5.32 Å². The molecule has 0 saturated heterocycles. The molecule has 2 heteroatoms. The Morgan fingerprint density at radius 2 is 1.88 bits per heavy atom. The van der Waals surface area contributed by atoms with Gasteiger partial charge in [0.15, 0.2) is 0 Å². The number of amides is 1. The van der Waals surface area contributed by atoms with E-state index in [1.807, 2.05) is 0 Å². The van der Waals surface area contributed by atoms with Crippen molar-refractivity contribution < 1.29 is 4.79 Å². The third-order valence-electron chi connectivity index (χ3n) is 5.17. The van der Waals surface area contributed by atoms with E-state index in [9.17, 15) is 4.79 Å². The van der Waals surface area contributed by atoms with Gasteiger partial charge in [-0.25, -0.2) is 0 Å². The molecule has 0 heterocycles. The summed E-state index contributed by atoms with van der Waals surface area (Å²) in [7, 11) is 0. The number of carbonyl (C=O) groups excluding carboxylic acids is 1. The number of hydrogen-bond donors (Lipinski definition) is 1. The van der Waals surface area contributed by atoms with Crippen LogP contribution in [0.4, 0.5) is 0 Å². The molecule has 3 fully saturated rings. The first-order chi connectivity index (χ1) is 8.15. The van der Waals surface area contributed by atoms with Crippen molar-refractivity contribution in [1.29, 1.82) is 0 Å². The molecular formula is C15H25NO. The van der Waals surface area contributed by atoms with Crippen LogP contribution in [0.15, 0.2) is 0 Å². The highest BCUT2D eigenvalue weighted by Crippen LogP contribution is 2.54. The lowest BCUT2D eigenvalue weighted by Crippen LogP contribution is -2.34. The Kier molecular flexibility index (Phi) is 2.92. The van der Waals surface area contributed by atoms with Crippen molar-refractivity contribution in [1.82, 2.24) is 5.32 Å². The molecule has 3 aliphatic rings. The van der Waals surface area contributed by atoms with Gasteiger partial charge in [-0.15, -0.1) is 0 Å². The number of hydrogen-bond acceptors (Lipinski definition) is 1. The minimum Gasteiger partial charge on any atom is -0.353 e. The average Bonchev–Trinajstić information content (AvgIpc) is 3.15. The predicted molar refractivity (Wildman–Crippen MR) is 68.4 cm³/mol. The SMILES string of the molecule is CC(C)C1CCC(NC(=O)[C@@H]2C[C@H]2C2CC2)C1. The van der Waals surface area contributed by atoms with Crippen molar-refractivity contribution >= 4 is 5.91 Å². The number of carbonyl (C=O) groups is 1. The first-order valence-electron chi connectivity index (χ1n) is 7.45. The van der Waals surface area contributed by atoms with Crippen molar-refractivity contribution in [3.05, 3.63) is 0 Å². The van der Waals surface area contributed by atoms with E-state index in [0.717, 1.165) is 23.7 Å². The van der Waals surface area contributed by atoms with Crippen LogP contribution in [0.5, 0.6) is 0 Å². The normalized spacial score (nSPS) is 40.6. The molecule has 0 aromatic rings. The maximum atomic E-state index is 12.1. The summed E-state index contributed by atoms with van der Waals surface area (Å²) >= 11 is 0. The molecule has 2 unspecified atom stereocenters. The molecule has 3 saturated carbocycles. The Morgan fingerprint density at radius 3 is 2.47 bits per heavy atom. The van der Waals surface area contributed by atoms with E-state index in [1.54, 1.807) is 0 Å². The van der Waals surface area contributed by atoms with Gasteiger partial charge in [-0.1, -0.05) is 13.8 Å². The Morgan fingerprint density at radius 1 is 1.12 bits per heavy atom. The van der Waals surface area contributed by atoms with E-state index < -0.39 is 0 Å². The molecule has 17 heavy (non-hydrogen) atoms. The maximum absolute atomic E-state index is 12.1. The van der Waals surface area contributed by atoms with Gasteiger partial charge in [-0.05, 0) is 62.2 Å². The second-order valence-corrected chi connectivity index (χ2v) is 6.87. The van der Waals surface area contributed by atoms with E-state index in [-0.39, 0.29) is 0 Å². The van der Waals surface area contributed by atoms with Crippen LogP contribution in [0.25, 0.3) is 0 Å². The van der Waals surface area contributed by atoms with Crippen molar-refractivity contribution in [2.24, 2.45) is 29.6 Å². The molecule has 0 aliphatic heterocycles. The molecular weight excluding hydrogens is 210 g/mol. The van der Waals surface area contributed by atoms with Gasteiger partial charge in [-0.2, -0.15) is 0 Å². The Hall–Kier alpha value is -0.530. The molecule has 1 amide bonds. The minimum atomic E-state index is 0.372. The summed E-state index contributed by atoms with van der Waals surface area (Å²) in [6, 6.07) is 0.482. The van der Waals surface area contributed by atoms with Crippen molar-refractivity contribution in [2.75, 3.05) is 0 Å². The highest BCUT2D eigenvalue weighted by Gasteiger charge is 2.51. The summed E-state index contributed by atoms with van der Waals surface area (Å²) in [6.45, 7) is 4.61. The Labute approximate surface area is 105 Å². The quantitative estimate of drug-likeness (QED) is 0.797. The fraction of sp³-hybridized carbons (Fsp3) is 0.933. The van der Waals surface area contributed by atoms with Crippen LogP contribution >= 0.6 is 0 Å². The van der Waals surface area contributed by atoms with Gasteiger partial charge >= 0.3 is 0 Å². The van der Waals surface area contributed by atoms with Gasteiger partial charge in [0.05, 0.1) is 0 Å². The molecule has 3 rings (SSSR count). The van der Waals surface area contributed by atoms with Gasteiger partial charge in [0.25, 0.3) is 0 Å². The van der Waals surface area contributed by atoms with Crippen LogP contribution < -0.4 is 5.32 Å². The van der Waals surface area contributed by atoms with Gasteiger partial charge in [0, 0.05) is 12.0 Å². The molecule has 0 bridgehead atoms. The standard InChI is InChI=1S/C15H25NO/c1-9(2)11-5-6-12(7-11)16-15(17)14-8-13(14)10-3-4-10/h9-14H,3-8H2,1-2H3,(H,16,17)/t11?,12?,13-,14+/m0/s1. The molecule has 4 atom stereocenters. The molecule has 96 valence electrons. The summed E-state index contributed by atoms with van der Waals surface area (Å²) in [6.07, 6.45) is 7.66. The van der Waals surface area contributed by atoms with Crippen LogP contribution in [0.2, 0.25) is 0 Å². The summed E-state index contributed by atoms with van der Waals surface area (Å²) in [5.74, 6) is 4.04. The number of nitrogens with one attached hydrogen (secondary N) is 1.